The van der Waals surface area contributed by atoms with E-state index >= 15 is 0 Å². The van der Waals surface area contributed by atoms with E-state index in [2.05, 4.69) is 5.16 Å². The standard InChI is InChI=1S/C12H9Cl2NO2/c13-10-4-3-9(12(14)6-10)8-17-15-7-11-2-1-5-16-11/h1-7H,8H2. The summed E-state index contributed by atoms with van der Waals surface area (Å²) in [6.07, 6.45) is 3.06. The van der Waals surface area contributed by atoms with E-state index in [0.29, 0.717) is 15.8 Å². The molecule has 0 unspecified atom stereocenters. The largest absolute Gasteiger partial charge is 0.463 e. The molecule has 0 amide bonds. The van der Waals surface area contributed by atoms with Crippen molar-refractivity contribution >= 4 is 29.4 Å². The smallest absolute Gasteiger partial charge is 0.148 e. The summed E-state index contributed by atoms with van der Waals surface area (Å²) >= 11 is 11.8. The molecule has 2 rings (SSSR count). The first-order valence-corrected chi connectivity index (χ1v) is 5.64. The van der Waals surface area contributed by atoms with Crippen molar-refractivity contribution in [2.75, 3.05) is 0 Å². The van der Waals surface area contributed by atoms with E-state index < -0.39 is 0 Å². The van der Waals surface area contributed by atoms with Crippen LogP contribution in [0.4, 0.5) is 0 Å². The van der Waals surface area contributed by atoms with Crippen LogP contribution in [0.1, 0.15) is 11.3 Å². The van der Waals surface area contributed by atoms with Gasteiger partial charge in [-0.1, -0.05) is 34.4 Å². The summed E-state index contributed by atoms with van der Waals surface area (Å²) < 4.78 is 5.05. The lowest BCUT2D eigenvalue weighted by Crippen LogP contribution is -1.89. The molecular formula is C12H9Cl2NO2. The van der Waals surface area contributed by atoms with Gasteiger partial charge in [0.2, 0.25) is 0 Å². The van der Waals surface area contributed by atoms with Crippen molar-refractivity contribution in [1.29, 1.82) is 0 Å². The molecule has 1 aromatic heterocycles. The highest BCUT2D eigenvalue weighted by molar-refractivity contribution is 6.35. The van der Waals surface area contributed by atoms with Crippen LogP contribution in [0.25, 0.3) is 0 Å². The van der Waals surface area contributed by atoms with Crippen molar-refractivity contribution in [3.63, 3.8) is 0 Å². The van der Waals surface area contributed by atoms with Crippen LogP contribution in [-0.2, 0) is 11.4 Å². The summed E-state index contributed by atoms with van der Waals surface area (Å²) in [5.74, 6) is 0.632. The van der Waals surface area contributed by atoms with E-state index in [1.165, 1.54) is 6.21 Å². The van der Waals surface area contributed by atoms with Gasteiger partial charge >= 0.3 is 0 Å². The summed E-state index contributed by atoms with van der Waals surface area (Å²) in [6.45, 7) is 0.285. The highest BCUT2D eigenvalue weighted by atomic mass is 35.5. The molecule has 5 heteroatoms. The quantitative estimate of drug-likeness (QED) is 0.618. The zero-order chi connectivity index (χ0) is 12.1. The Morgan fingerprint density at radius 3 is 2.88 bits per heavy atom. The summed E-state index contributed by atoms with van der Waals surface area (Å²) in [4.78, 5) is 5.10. The Morgan fingerprint density at radius 1 is 1.29 bits per heavy atom. The molecule has 3 nitrogen and oxygen atoms in total. The van der Waals surface area contributed by atoms with E-state index in [1.54, 1.807) is 36.6 Å². The van der Waals surface area contributed by atoms with E-state index in [1.807, 2.05) is 0 Å². The minimum absolute atomic E-state index is 0.285. The number of hydrogen-bond donors (Lipinski definition) is 0. The molecule has 0 fully saturated rings. The molecule has 2 aromatic rings. The van der Waals surface area contributed by atoms with Crippen LogP contribution >= 0.6 is 23.2 Å². The van der Waals surface area contributed by atoms with Crippen molar-refractivity contribution in [1.82, 2.24) is 0 Å². The number of benzene rings is 1. The first-order chi connectivity index (χ1) is 8.25. The fraction of sp³-hybridized carbons (Fsp3) is 0.0833. The molecule has 1 aromatic carbocycles. The zero-order valence-corrected chi connectivity index (χ0v) is 10.3. The van der Waals surface area contributed by atoms with Gasteiger partial charge in [0.1, 0.15) is 18.6 Å². The monoisotopic (exact) mass is 269 g/mol. The molecule has 0 N–H and O–H groups in total. The number of rotatable bonds is 4. The number of furan rings is 1. The van der Waals surface area contributed by atoms with E-state index in [9.17, 15) is 0 Å². The number of nitrogens with zero attached hydrogens (tertiary/aromatic N) is 1. The summed E-state index contributed by atoms with van der Waals surface area (Å²) in [5.41, 5.74) is 0.827. The van der Waals surface area contributed by atoms with Crippen molar-refractivity contribution < 1.29 is 9.25 Å². The zero-order valence-electron chi connectivity index (χ0n) is 8.77. The first kappa shape index (κ1) is 12.0. The van der Waals surface area contributed by atoms with Crippen LogP contribution in [0.15, 0.2) is 46.2 Å². The minimum Gasteiger partial charge on any atom is -0.463 e. The molecule has 0 bridgehead atoms. The van der Waals surface area contributed by atoms with Crippen LogP contribution in [0.5, 0.6) is 0 Å². The van der Waals surface area contributed by atoms with Crippen LogP contribution in [-0.4, -0.2) is 6.21 Å². The van der Waals surface area contributed by atoms with Gasteiger partial charge in [-0.05, 0) is 24.3 Å². The van der Waals surface area contributed by atoms with Gasteiger partial charge in [0.15, 0.2) is 0 Å². The summed E-state index contributed by atoms with van der Waals surface area (Å²) in [5, 5.41) is 4.92. The molecule has 17 heavy (non-hydrogen) atoms. The maximum atomic E-state index is 5.97. The van der Waals surface area contributed by atoms with Crippen molar-refractivity contribution in [3.05, 3.63) is 58.0 Å². The molecule has 0 saturated carbocycles. The van der Waals surface area contributed by atoms with E-state index in [0.717, 1.165) is 5.56 Å². The molecule has 0 saturated heterocycles. The molecule has 1 heterocycles. The second kappa shape index (κ2) is 5.75. The molecule has 0 aliphatic rings. The fourth-order valence-electron chi connectivity index (χ4n) is 1.20. The predicted molar refractivity (Wildman–Crippen MR) is 67.6 cm³/mol. The Balaban J connectivity index is 1.90. The van der Waals surface area contributed by atoms with Gasteiger partial charge in [-0.2, -0.15) is 0 Å². The van der Waals surface area contributed by atoms with E-state index in [4.69, 9.17) is 32.5 Å². The number of halogens is 2. The molecule has 0 aliphatic carbocycles. The average Bonchev–Trinajstić information content (AvgIpc) is 2.79. The lowest BCUT2D eigenvalue weighted by Gasteiger charge is -2.02. The van der Waals surface area contributed by atoms with Gasteiger partial charge in [-0.15, -0.1) is 0 Å². The van der Waals surface area contributed by atoms with Crippen LogP contribution in [0.2, 0.25) is 10.0 Å². The van der Waals surface area contributed by atoms with Gasteiger partial charge in [0.05, 0.1) is 6.26 Å². The SMILES string of the molecule is Clc1ccc(CON=Cc2ccco2)c(Cl)c1. The van der Waals surface area contributed by atoms with Gasteiger partial charge in [-0.3, -0.25) is 0 Å². The third kappa shape index (κ3) is 3.51. The number of oxime groups is 1. The Labute approximate surface area is 109 Å². The van der Waals surface area contributed by atoms with Crippen LogP contribution in [0.3, 0.4) is 0 Å². The topological polar surface area (TPSA) is 34.7 Å². The second-order valence-corrected chi connectivity index (χ2v) is 4.10. The minimum atomic E-state index is 0.285. The molecule has 0 atom stereocenters. The van der Waals surface area contributed by atoms with Gasteiger partial charge in [0, 0.05) is 15.6 Å². The maximum absolute atomic E-state index is 5.97. The lowest BCUT2D eigenvalue weighted by molar-refractivity contribution is 0.132. The Kier molecular flexibility index (Phi) is 4.07. The Morgan fingerprint density at radius 2 is 2.18 bits per heavy atom. The molecule has 0 radical (unpaired) electrons. The second-order valence-electron chi connectivity index (χ2n) is 3.26. The van der Waals surface area contributed by atoms with E-state index in [-0.39, 0.29) is 6.61 Å². The Hall–Kier alpha value is -1.45. The van der Waals surface area contributed by atoms with Gasteiger partial charge < -0.3 is 9.25 Å². The summed E-state index contributed by atoms with van der Waals surface area (Å²) in [6, 6.07) is 8.77. The Bertz CT molecular complexity index is 509. The fourth-order valence-corrected chi connectivity index (χ4v) is 1.66. The average molecular weight is 270 g/mol. The molecule has 88 valence electrons. The molecule has 0 aliphatic heterocycles. The van der Waals surface area contributed by atoms with Crippen LogP contribution < -0.4 is 0 Å². The lowest BCUT2D eigenvalue weighted by atomic mass is 10.2. The van der Waals surface area contributed by atoms with Crippen molar-refractivity contribution in [2.45, 2.75) is 6.61 Å². The highest BCUT2D eigenvalue weighted by Gasteiger charge is 2.01. The third-order valence-electron chi connectivity index (χ3n) is 2.03. The van der Waals surface area contributed by atoms with Crippen LogP contribution in [0, 0.1) is 0 Å². The third-order valence-corrected chi connectivity index (χ3v) is 2.62. The maximum Gasteiger partial charge on any atom is 0.148 e. The highest BCUT2D eigenvalue weighted by Crippen LogP contribution is 2.21. The first-order valence-electron chi connectivity index (χ1n) is 4.88. The number of hydrogen-bond acceptors (Lipinski definition) is 3. The van der Waals surface area contributed by atoms with Gasteiger partial charge in [-0.25, -0.2) is 0 Å². The molecule has 0 spiro atoms. The summed E-state index contributed by atoms with van der Waals surface area (Å²) in [7, 11) is 0. The molecular weight excluding hydrogens is 261 g/mol. The predicted octanol–water partition coefficient (Wildman–Crippen LogP) is 4.14. The van der Waals surface area contributed by atoms with Gasteiger partial charge in [0.25, 0.3) is 0 Å². The normalized spacial score (nSPS) is 10.9. The van der Waals surface area contributed by atoms with Crippen molar-refractivity contribution in [2.24, 2.45) is 5.16 Å². The van der Waals surface area contributed by atoms with Crippen molar-refractivity contribution in [3.8, 4) is 0 Å².